The number of likely N-dealkylation sites (tertiary alicyclic amines) is 1. The van der Waals surface area contributed by atoms with Crippen molar-refractivity contribution in [2.45, 2.75) is 20.4 Å². The molecule has 3 rings (SSSR count). The van der Waals surface area contributed by atoms with E-state index in [1.54, 1.807) is 18.3 Å². The van der Waals surface area contributed by atoms with E-state index in [2.05, 4.69) is 4.98 Å². The summed E-state index contributed by atoms with van der Waals surface area (Å²) in [6.45, 7) is 4.15. The fourth-order valence-corrected chi connectivity index (χ4v) is 3.04. The highest BCUT2D eigenvalue weighted by Gasteiger charge is 2.72. The van der Waals surface area contributed by atoms with E-state index in [-0.39, 0.29) is 35.6 Å². The standard InChI is InChI=1S/C13H13ClN2O2/c1-13(2)9-10(13)12(18)16(11(9)17)6-8-5-7(14)3-4-15-8/h3-5,9-10H,6H2,1-2H3. The summed E-state index contributed by atoms with van der Waals surface area (Å²) >= 11 is 5.86. The van der Waals surface area contributed by atoms with Gasteiger partial charge in [0, 0.05) is 11.2 Å². The van der Waals surface area contributed by atoms with Crippen molar-refractivity contribution >= 4 is 23.4 Å². The van der Waals surface area contributed by atoms with E-state index in [1.807, 2.05) is 13.8 Å². The predicted octanol–water partition coefficient (Wildman–Crippen LogP) is 1.88. The summed E-state index contributed by atoms with van der Waals surface area (Å²) in [7, 11) is 0. The van der Waals surface area contributed by atoms with Crippen molar-refractivity contribution in [2.24, 2.45) is 17.3 Å². The maximum Gasteiger partial charge on any atom is 0.234 e. The van der Waals surface area contributed by atoms with Crippen LogP contribution in [0.3, 0.4) is 0 Å². The molecule has 2 aliphatic rings. The van der Waals surface area contributed by atoms with Gasteiger partial charge in [-0.25, -0.2) is 0 Å². The van der Waals surface area contributed by atoms with Crippen molar-refractivity contribution in [2.75, 3.05) is 0 Å². The normalized spacial score (nSPS) is 28.5. The van der Waals surface area contributed by atoms with Gasteiger partial charge >= 0.3 is 0 Å². The van der Waals surface area contributed by atoms with E-state index in [0.29, 0.717) is 10.7 Å². The number of fused-ring (bicyclic) bond motifs is 1. The molecular formula is C13H13ClN2O2. The Kier molecular flexibility index (Phi) is 2.29. The van der Waals surface area contributed by atoms with Crippen LogP contribution in [-0.4, -0.2) is 21.7 Å². The molecular weight excluding hydrogens is 252 g/mol. The molecule has 2 atom stereocenters. The number of carbonyl (C=O) groups excluding carboxylic acids is 2. The van der Waals surface area contributed by atoms with Crippen LogP contribution in [0.4, 0.5) is 0 Å². The molecule has 0 radical (unpaired) electrons. The second kappa shape index (κ2) is 3.54. The number of halogens is 1. The second-order valence-corrected chi connectivity index (χ2v) is 5.94. The number of amides is 2. The van der Waals surface area contributed by atoms with Gasteiger partial charge in [-0.15, -0.1) is 0 Å². The van der Waals surface area contributed by atoms with Crippen LogP contribution in [0.1, 0.15) is 19.5 Å². The molecule has 1 aliphatic heterocycles. The Morgan fingerprint density at radius 1 is 1.33 bits per heavy atom. The average molecular weight is 265 g/mol. The van der Waals surface area contributed by atoms with Crippen LogP contribution in [0.15, 0.2) is 18.3 Å². The number of hydrogen-bond acceptors (Lipinski definition) is 3. The summed E-state index contributed by atoms with van der Waals surface area (Å²) in [4.78, 5) is 29.6. The van der Waals surface area contributed by atoms with Crippen molar-refractivity contribution in [3.63, 3.8) is 0 Å². The smallest absolute Gasteiger partial charge is 0.234 e. The largest absolute Gasteiger partial charge is 0.276 e. The van der Waals surface area contributed by atoms with E-state index in [0.717, 1.165) is 0 Å². The maximum absolute atomic E-state index is 12.1. The van der Waals surface area contributed by atoms with Crippen molar-refractivity contribution in [3.05, 3.63) is 29.0 Å². The highest BCUT2D eigenvalue weighted by Crippen LogP contribution is 2.63. The first-order valence-electron chi connectivity index (χ1n) is 5.88. The molecule has 1 aromatic rings. The zero-order valence-electron chi connectivity index (χ0n) is 10.2. The highest BCUT2D eigenvalue weighted by atomic mass is 35.5. The van der Waals surface area contributed by atoms with Crippen molar-refractivity contribution < 1.29 is 9.59 Å². The Morgan fingerprint density at radius 3 is 2.50 bits per heavy atom. The lowest BCUT2D eigenvalue weighted by molar-refractivity contribution is -0.143. The fourth-order valence-electron chi connectivity index (χ4n) is 2.86. The minimum absolute atomic E-state index is 0.0724. The summed E-state index contributed by atoms with van der Waals surface area (Å²) < 4.78 is 0. The summed E-state index contributed by atoms with van der Waals surface area (Å²) in [5.41, 5.74) is 0.482. The number of aromatic nitrogens is 1. The lowest BCUT2D eigenvalue weighted by Crippen LogP contribution is -2.35. The molecule has 0 aromatic carbocycles. The van der Waals surface area contributed by atoms with Crippen LogP contribution in [0, 0.1) is 17.3 Å². The van der Waals surface area contributed by atoms with Crippen molar-refractivity contribution in [1.29, 1.82) is 0 Å². The Labute approximate surface area is 110 Å². The second-order valence-electron chi connectivity index (χ2n) is 5.50. The molecule has 0 bridgehead atoms. The molecule has 2 amide bonds. The number of carbonyl (C=O) groups is 2. The molecule has 1 saturated heterocycles. The quantitative estimate of drug-likeness (QED) is 0.767. The van der Waals surface area contributed by atoms with Gasteiger partial charge in [0.25, 0.3) is 0 Å². The van der Waals surface area contributed by atoms with E-state index < -0.39 is 0 Å². The van der Waals surface area contributed by atoms with E-state index in [9.17, 15) is 9.59 Å². The lowest BCUT2D eigenvalue weighted by Gasteiger charge is -2.20. The summed E-state index contributed by atoms with van der Waals surface area (Å²) in [5.74, 6) is -0.415. The molecule has 2 unspecified atom stereocenters. The summed E-state index contributed by atoms with van der Waals surface area (Å²) in [6, 6.07) is 3.34. The van der Waals surface area contributed by atoms with Gasteiger partial charge in [-0.05, 0) is 17.5 Å². The van der Waals surface area contributed by atoms with Crippen LogP contribution in [0.2, 0.25) is 5.02 Å². The topological polar surface area (TPSA) is 50.3 Å². The summed E-state index contributed by atoms with van der Waals surface area (Å²) in [6.07, 6.45) is 1.58. The first-order chi connectivity index (χ1) is 8.43. The van der Waals surface area contributed by atoms with Crippen molar-refractivity contribution in [1.82, 2.24) is 9.88 Å². The summed E-state index contributed by atoms with van der Waals surface area (Å²) in [5, 5.41) is 0.560. The molecule has 5 heteroatoms. The molecule has 0 N–H and O–H groups in total. The SMILES string of the molecule is CC1(C)C2C(=O)N(Cc3cc(Cl)ccn3)C(=O)C21. The zero-order valence-corrected chi connectivity index (χ0v) is 10.9. The lowest BCUT2D eigenvalue weighted by atomic mass is 10.1. The zero-order chi connectivity index (χ0) is 13.1. The van der Waals surface area contributed by atoms with Gasteiger partial charge in [0.05, 0.1) is 24.1 Å². The van der Waals surface area contributed by atoms with Crippen LogP contribution in [-0.2, 0) is 16.1 Å². The minimum Gasteiger partial charge on any atom is -0.276 e. The maximum atomic E-state index is 12.1. The number of hydrogen-bond donors (Lipinski definition) is 0. The molecule has 2 fully saturated rings. The van der Waals surface area contributed by atoms with Gasteiger partial charge in [-0.3, -0.25) is 19.5 Å². The molecule has 18 heavy (non-hydrogen) atoms. The van der Waals surface area contributed by atoms with Crippen LogP contribution in [0.25, 0.3) is 0 Å². The predicted molar refractivity (Wildman–Crippen MR) is 65.6 cm³/mol. The van der Waals surface area contributed by atoms with Gasteiger partial charge in [-0.2, -0.15) is 0 Å². The molecule has 1 aliphatic carbocycles. The Balaban J connectivity index is 1.80. The van der Waals surface area contributed by atoms with Gasteiger partial charge in [-0.1, -0.05) is 25.4 Å². The Hall–Kier alpha value is -1.42. The molecule has 2 heterocycles. The number of piperidine rings is 1. The minimum atomic E-state index is -0.160. The fraction of sp³-hybridized carbons (Fsp3) is 0.462. The van der Waals surface area contributed by atoms with Crippen LogP contribution < -0.4 is 0 Å². The number of nitrogens with zero attached hydrogens (tertiary/aromatic N) is 2. The van der Waals surface area contributed by atoms with Gasteiger partial charge < -0.3 is 0 Å². The van der Waals surface area contributed by atoms with Crippen LogP contribution >= 0.6 is 11.6 Å². The first kappa shape index (κ1) is 11.7. The number of imide groups is 1. The van der Waals surface area contributed by atoms with E-state index in [4.69, 9.17) is 11.6 Å². The van der Waals surface area contributed by atoms with Gasteiger partial charge in [0.2, 0.25) is 11.8 Å². The third-order valence-electron chi connectivity index (χ3n) is 3.99. The molecule has 0 spiro atoms. The first-order valence-corrected chi connectivity index (χ1v) is 6.26. The third kappa shape index (κ3) is 1.48. The van der Waals surface area contributed by atoms with Gasteiger partial charge in [0.15, 0.2) is 0 Å². The molecule has 94 valence electrons. The van der Waals surface area contributed by atoms with Gasteiger partial charge in [0.1, 0.15) is 0 Å². The molecule has 1 saturated carbocycles. The average Bonchev–Trinajstić information content (AvgIpc) is 2.77. The van der Waals surface area contributed by atoms with Crippen molar-refractivity contribution in [3.8, 4) is 0 Å². The van der Waals surface area contributed by atoms with Crippen LogP contribution in [0.5, 0.6) is 0 Å². The monoisotopic (exact) mass is 264 g/mol. The molecule has 4 nitrogen and oxygen atoms in total. The Bertz CT molecular complexity index is 532. The highest BCUT2D eigenvalue weighted by molar-refractivity contribution is 6.30. The molecule has 1 aromatic heterocycles. The number of pyridine rings is 1. The van der Waals surface area contributed by atoms with E-state index >= 15 is 0 Å². The van der Waals surface area contributed by atoms with E-state index in [1.165, 1.54) is 4.90 Å². The third-order valence-corrected chi connectivity index (χ3v) is 4.23. The number of rotatable bonds is 2. The Morgan fingerprint density at radius 2 is 1.94 bits per heavy atom.